The van der Waals surface area contributed by atoms with Gasteiger partial charge in [-0.15, -0.1) is 5.10 Å². The molecular formula is C14H17N3O2. The lowest BCUT2D eigenvalue weighted by Gasteiger charge is -2.07. The van der Waals surface area contributed by atoms with Gasteiger partial charge in [0, 0.05) is 12.0 Å². The molecule has 5 nitrogen and oxygen atoms in total. The molecule has 0 fully saturated rings. The zero-order valence-corrected chi connectivity index (χ0v) is 11.2. The number of aromatic nitrogens is 3. The number of methoxy groups -OCH3 is 1. The first-order valence-corrected chi connectivity index (χ1v) is 6.29. The minimum Gasteiger partial charge on any atom is -0.496 e. The lowest BCUT2D eigenvalue weighted by molar-refractivity contribution is 0.0971. The fourth-order valence-corrected chi connectivity index (χ4v) is 1.85. The third-order valence-electron chi connectivity index (χ3n) is 2.79. The third-order valence-corrected chi connectivity index (χ3v) is 2.79. The lowest BCUT2D eigenvalue weighted by Crippen LogP contribution is -2.05. The van der Waals surface area contributed by atoms with Crippen LogP contribution in [0, 0.1) is 0 Å². The molecule has 2 aromatic rings. The van der Waals surface area contributed by atoms with E-state index in [0.29, 0.717) is 13.0 Å². The van der Waals surface area contributed by atoms with E-state index in [4.69, 9.17) is 4.74 Å². The zero-order valence-electron chi connectivity index (χ0n) is 11.2. The van der Waals surface area contributed by atoms with E-state index in [0.717, 1.165) is 17.7 Å². The molecule has 0 saturated carbocycles. The number of benzene rings is 1. The third kappa shape index (κ3) is 3.19. The van der Waals surface area contributed by atoms with Gasteiger partial charge in [-0.25, -0.2) is 9.67 Å². The number of carbonyl (C=O) groups is 1. The first kappa shape index (κ1) is 13.3. The van der Waals surface area contributed by atoms with Crippen molar-refractivity contribution in [2.24, 2.45) is 0 Å². The fraction of sp³-hybridized carbons (Fsp3) is 0.357. The second-order valence-electron chi connectivity index (χ2n) is 4.25. The van der Waals surface area contributed by atoms with Crippen LogP contribution in [0.1, 0.15) is 35.9 Å². The van der Waals surface area contributed by atoms with Crippen molar-refractivity contribution < 1.29 is 9.53 Å². The highest BCUT2D eigenvalue weighted by atomic mass is 16.5. The van der Waals surface area contributed by atoms with Gasteiger partial charge in [-0.3, -0.25) is 4.79 Å². The Bertz CT molecular complexity index is 563. The molecule has 0 amide bonds. The summed E-state index contributed by atoms with van der Waals surface area (Å²) in [5.41, 5.74) is 1.00. The molecule has 0 bridgehead atoms. The molecule has 0 N–H and O–H groups in total. The molecule has 0 unspecified atom stereocenters. The standard InChI is InChI=1S/C14H17N3O2/c1-3-6-12(18)14-15-10-17(16-14)9-11-7-4-5-8-13(11)19-2/h4-5,7-8,10H,3,6,9H2,1-2H3. The van der Waals surface area contributed by atoms with Gasteiger partial charge in [0.15, 0.2) is 0 Å². The average molecular weight is 259 g/mol. The molecule has 0 atom stereocenters. The predicted octanol–water partition coefficient (Wildman–Crippen LogP) is 2.32. The number of para-hydroxylation sites is 1. The van der Waals surface area contributed by atoms with Crippen molar-refractivity contribution in [3.63, 3.8) is 0 Å². The molecule has 1 aromatic carbocycles. The lowest BCUT2D eigenvalue weighted by atomic mass is 10.2. The summed E-state index contributed by atoms with van der Waals surface area (Å²) in [4.78, 5) is 15.7. The van der Waals surface area contributed by atoms with Gasteiger partial charge in [-0.2, -0.15) is 0 Å². The second-order valence-corrected chi connectivity index (χ2v) is 4.25. The number of hydrogen-bond donors (Lipinski definition) is 0. The van der Waals surface area contributed by atoms with Crippen LogP contribution in [-0.4, -0.2) is 27.7 Å². The highest BCUT2D eigenvalue weighted by Gasteiger charge is 2.11. The molecule has 2 rings (SSSR count). The summed E-state index contributed by atoms with van der Waals surface area (Å²) in [5, 5.41) is 4.20. The smallest absolute Gasteiger partial charge is 0.217 e. The Balaban J connectivity index is 2.13. The molecule has 0 aliphatic heterocycles. The minimum atomic E-state index is -0.0127. The van der Waals surface area contributed by atoms with Crippen LogP contribution in [0.2, 0.25) is 0 Å². The van der Waals surface area contributed by atoms with Crippen LogP contribution in [0.3, 0.4) is 0 Å². The fourth-order valence-electron chi connectivity index (χ4n) is 1.85. The SMILES string of the molecule is CCCC(=O)c1ncn(Cc2ccccc2OC)n1. The summed E-state index contributed by atoms with van der Waals surface area (Å²) in [7, 11) is 1.64. The summed E-state index contributed by atoms with van der Waals surface area (Å²) in [6, 6.07) is 7.72. The van der Waals surface area contributed by atoms with E-state index in [-0.39, 0.29) is 11.6 Å². The van der Waals surface area contributed by atoms with Crippen molar-refractivity contribution in [1.82, 2.24) is 14.8 Å². The maximum absolute atomic E-state index is 11.7. The highest BCUT2D eigenvalue weighted by Crippen LogP contribution is 2.18. The van der Waals surface area contributed by atoms with Gasteiger partial charge in [0.2, 0.25) is 11.6 Å². The number of nitrogens with zero attached hydrogens (tertiary/aromatic N) is 3. The van der Waals surface area contributed by atoms with E-state index < -0.39 is 0 Å². The molecule has 0 radical (unpaired) electrons. The van der Waals surface area contributed by atoms with Crippen LogP contribution in [0.5, 0.6) is 5.75 Å². The minimum absolute atomic E-state index is 0.0127. The first-order chi connectivity index (χ1) is 9.24. The quantitative estimate of drug-likeness (QED) is 0.747. The molecule has 0 spiro atoms. The number of carbonyl (C=O) groups excluding carboxylic acids is 1. The monoisotopic (exact) mass is 259 g/mol. The van der Waals surface area contributed by atoms with Gasteiger partial charge in [0.05, 0.1) is 13.7 Å². The Morgan fingerprint density at radius 2 is 2.16 bits per heavy atom. The van der Waals surface area contributed by atoms with E-state index in [9.17, 15) is 4.79 Å². The average Bonchev–Trinajstić information content (AvgIpc) is 2.88. The van der Waals surface area contributed by atoms with Crippen molar-refractivity contribution in [1.29, 1.82) is 0 Å². The van der Waals surface area contributed by atoms with Crippen molar-refractivity contribution >= 4 is 5.78 Å². The summed E-state index contributed by atoms with van der Waals surface area (Å²) in [6.07, 6.45) is 2.87. The van der Waals surface area contributed by atoms with Crippen LogP contribution >= 0.6 is 0 Å². The molecule has 19 heavy (non-hydrogen) atoms. The molecule has 0 saturated heterocycles. The van der Waals surface area contributed by atoms with Crippen LogP contribution in [0.25, 0.3) is 0 Å². The topological polar surface area (TPSA) is 57.0 Å². The summed E-state index contributed by atoms with van der Waals surface area (Å²) < 4.78 is 6.94. The Kier molecular flexibility index (Phi) is 4.28. The summed E-state index contributed by atoms with van der Waals surface area (Å²) in [5.74, 6) is 1.08. The van der Waals surface area contributed by atoms with Crippen LogP contribution in [0.4, 0.5) is 0 Å². The maximum Gasteiger partial charge on any atom is 0.217 e. The Hall–Kier alpha value is -2.17. The van der Waals surface area contributed by atoms with Gasteiger partial charge in [-0.05, 0) is 12.5 Å². The van der Waals surface area contributed by atoms with E-state index in [1.54, 1.807) is 18.1 Å². The molecular weight excluding hydrogens is 242 g/mol. The van der Waals surface area contributed by atoms with E-state index in [1.807, 2.05) is 31.2 Å². The largest absolute Gasteiger partial charge is 0.496 e. The summed E-state index contributed by atoms with van der Waals surface area (Å²) in [6.45, 7) is 2.50. The number of rotatable bonds is 6. The molecule has 0 aliphatic rings. The van der Waals surface area contributed by atoms with Gasteiger partial charge < -0.3 is 4.74 Å². The van der Waals surface area contributed by atoms with Gasteiger partial charge in [0.1, 0.15) is 12.1 Å². The Morgan fingerprint density at radius 3 is 2.89 bits per heavy atom. The molecule has 0 aliphatic carbocycles. The number of hydrogen-bond acceptors (Lipinski definition) is 4. The summed E-state index contributed by atoms with van der Waals surface area (Å²) >= 11 is 0. The van der Waals surface area contributed by atoms with E-state index >= 15 is 0 Å². The van der Waals surface area contributed by atoms with Gasteiger partial charge >= 0.3 is 0 Å². The number of Topliss-reactive ketones (excluding diaryl/α,β-unsaturated/α-hetero) is 1. The maximum atomic E-state index is 11.7. The van der Waals surface area contributed by atoms with Crippen LogP contribution < -0.4 is 4.74 Å². The molecule has 1 heterocycles. The van der Waals surface area contributed by atoms with Gasteiger partial charge in [0.25, 0.3) is 0 Å². The van der Waals surface area contributed by atoms with Crippen molar-refractivity contribution in [3.8, 4) is 5.75 Å². The van der Waals surface area contributed by atoms with Crippen molar-refractivity contribution in [2.45, 2.75) is 26.3 Å². The van der Waals surface area contributed by atoms with Crippen LogP contribution in [-0.2, 0) is 6.54 Å². The van der Waals surface area contributed by atoms with Crippen molar-refractivity contribution in [2.75, 3.05) is 7.11 Å². The number of ketones is 1. The van der Waals surface area contributed by atoms with E-state index in [1.165, 1.54) is 0 Å². The normalized spacial score (nSPS) is 10.4. The van der Waals surface area contributed by atoms with E-state index in [2.05, 4.69) is 10.1 Å². The highest BCUT2D eigenvalue weighted by molar-refractivity contribution is 5.92. The molecule has 5 heteroatoms. The Morgan fingerprint density at radius 1 is 1.37 bits per heavy atom. The Labute approximate surface area is 112 Å². The predicted molar refractivity (Wildman–Crippen MR) is 71.4 cm³/mol. The number of ether oxygens (including phenoxy) is 1. The zero-order chi connectivity index (χ0) is 13.7. The second kappa shape index (κ2) is 6.13. The molecule has 1 aromatic heterocycles. The van der Waals surface area contributed by atoms with Gasteiger partial charge in [-0.1, -0.05) is 25.1 Å². The van der Waals surface area contributed by atoms with Crippen molar-refractivity contribution in [3.05, 3.63) is 42.0 Å². The van der Waals surface area contributed by atoms with Crippen LogP contribution in [0.15, 0.2) is 30.6 Å². The molecule has 100 valence electrons. The first-order valence-electron chi connectivity index (χ1n) is 6.29.